The van der Waals surface area contributed by atoms with E-state index in [0.29, 0.717) is 41.7 Å². The van der Waals surface area contributed by atoms with Gasteiger partial charge < -0.3 is 19.4 Å². The summed E-state index contributed by atoms with van der Waals surface area (Å²) in [6, 6.07) is 4.85. The Morgan fingerprint density at radius 1 is 1.36 bits per heavy atom. The van der Waals surface area contributed by atoms with Gasteiger partial charge in [0.25, 0.3) is 0 Å². The highest BCUT2D eigenvalue weighted by atomic mass is 35.5. The van der Waals surface area contributed by atoms with Crippen LogP contribution in [-0.2, 0) is 21.0 Å². The van der Waals surface area contributed by atoms with E-state index in [0.717, 1.165) is 0 Å². The Hall–Kier alpha value is -2.77. The van der Waals surface area contributed by atoms with Gasteiger partial charge in [0.05, 0.1) is 24.8 Å². The van der Waals surface area contributed by atoms with Gasteiger partial charge in [-0.2, -0.15) is 8.42 Å². The third-order valence-corrected chi connectivity index (χ3v) is 6.05. The molecular weight excluding hydrogens is 474 g/mol. The van der Waals surface area contributed by atoms with Gasteiger partial charge in [-0.25, -0.2) is 15.1 Å². The molecule has 0 aromatic carbocycles. The van der Waals surface area contributed by atoms with Crippen LogP contribution in [0.1, 0.15) is 34.5 Å². The average Bonchev–Trinajstić information content (AvgIpc) is 3.47. The Labute approximate surface area is 194 Å². The van der Waals surface area contributed by atoms with Crippen LogP contribution in [0.2, 0.25) is 5.22 Å². The molecule has 4 rings (SSSR count). The van der Waals surface area contributed by atoms with Crippen LogP contribution in [0, 0.1) is 5.92 Å². The monoisotopic (exact) mass is 495 g/mol. The van der Waals surface area contributed by atoms with Crippen LogP contribution in [-0.4, -0.2) is 52.6 Å². The summed E-state index contributed by atoms with van der Waals surface area (Å²) in [5.41, 5.74) is 0.714. The van der Waals surface area contributed by atoms with Gasteiger partial charge in [0.1, 0.15) is 17.9 Å². The molecule has 13 heteroatoms. The molecule has 0 bridgehead atoms. The summed E-state index contributed by atoms with van der Waals surface area (Å²) in [6.07, 6.45) is 6.15. The van der Waals surface area contributed by atoms with E-state index in [4.69, 9.17) is 21.2 Å². The van der Waals surface area contributed by atoms with Gasteiger partial charge in [0, 0.05) is 36.1 Å². The SMILES string of the molecule is NS(=O)(=O)OC[C@H]1C[C@@H](Nc2ncncc2C(=O)c2ccn(Cc3ccc(Cl)o3)c2)C[C@@H]1O. The molecule has 1 saturated carbocycles. The lowest BCUT2D eigenvalue weighted by Crippen LogP contribution is -2.24. The largest absolute Gasteiger partial charge is 0.448 e. The summed E-state index contributed by atoms with van der Waals surface area (Å²) in [5, 5.41) is 18.6. The van der Waals surface area contributed by atoms with Gasteiger partial charge in [0.2, 0.25) is 0 Å². The van der Waals surface area contributed by atoms with Crippen molar-refractivity contribution in [3.63, 3.8) is 0 Å². The third-order valence-electron chi connectivity index (χ3n) is 5.38. The number of aliphatic hydroxyl groups excluding tert-OH is 1. The van der Waals surface area contributed by atoms with Gasteiger partial charge >= 0.3 is 10.3 Å². The molecule has 3 aromatic rings. The smallest absolute Gasteiger partial charge is 0.333 e. The highest BCUT2D eigenvalue weighted by Gasteiger charge is 2.34. The molecule has 1 aliphatic rings. The molecule has 33 heavy (non-hydrogen) atoms. The van der Waals surface area contributed by atoms with Crippen molar-refractivity contribution in [3.05, 3.63) is 65.2 Å². The molecule has 0 radical (unpaired) electrons. The molecule has 11 nitrogen and oxygen atoms in total. The fraction of sp³-hybridized carbons (Fsp3) is 0.350. The number of carbonyl (C=O) groups is 1. The molecule has 1 aliphatic carbocycles. The predicted octanol–water partition coefficient (Wildman–Crippen LogP) is 1.58. The Morgan fingerprint density at radius 2 is 2.18 bits per heavy atom. The van der Waals surface area contributed by atoms with E-state index in [1.54, 1.807) is 35.2 Å². The number of hydrogen-bond acceptors (Lipinski definition) is 9. The van der Waals surface area contributed by atoms with E-state index >= 15 is 0 Å². The van der Waals surface area contributed by atoms with Crippen molar-refractivity contribution in [3.8, 4) is 0 Å². The summed E-state index contributed by atoms with van der Waals surface area (Å²) >= 11 is 5.80. The Kier molecular flexibility index (Phi) is 6.81. The number of furan rings is 1. The minimum atomic E-state index is -4.09. The summed E-state index contributed by atoms with van der Waals surface area (Å²) < 4.78 is 33.8. The highest BCUT2D eigenvalue weighted by Crippen LogP contribution is 2.30. The van der Waals surface area contributed by atoms with Crippen LogP contribution < -0.4 is 10.5 Å². The molecule has 0 unspecified atom stereocenters. The maximum atomic E-state index is 13.1. The van der Waals surface area contributed by atoms with E-state index in [1.165, 1.54) is 12.5 Å². The van der Waals surface area contributed by atoms with Gasteiger partial charge in [-0.3, -0.25) is 8.98 Å². The second-order valence-corrected chi connectivity index (χ2v) is 9.40. The van der Waals surface area contributed by atoms with Crippen LogP contribution in [0.25, 0.3) is 0 Å². The van der Waals surface area contributed by atoms with Crippen molar-refractivity contribution >= 4 is 33.5 Å². The predicted molar refractivity (Wildman–Crippen MR) is 118 cm³/mol. The molecule has 3 heterocycles. The lowest BCUT2D eigenvalue weighted by Gasteiger charge is -2.15. The molecule has 0 aliphatic heterocycles. The summed E-state index contributed by atoms with van der Waals surface area (Å²) in [5.74, 6) is 0.277. The van der Waals surface area contributed by atoms with E-state index < -0.39 is 22.3 Å². The molecule has 176 valence electrons. The number of halogens is 1. The molecule has 4 N–H and O–H groups in total. The Bertz CT molecular complexity index is 1240. The minimum absolute atomic E-state index is 0.220. The average molecular weight is 496 g/mol. The lowest BCUT2D eigenvalue weighted by molar-refractivity contribution is 0.101. The Morgan fingerprint density at radius 3 is 2.91 bits per heavy atom. The zero-order chi connectivity index (χ0) is 23.6. The molecule has 3 aromatic heterocycles. The lowest BCUT2D eigenvalue weighted by atomic mass is 10.1. The Balaban J connectivity index is 1.44. The van der Waals surface area contributed by atoms with Crippen LogP contribution in [0.5, 0.6) is 0 Å². The van der Waals surface area contributed by atoms with Crippen LogP contribution >= 0.6 is 11.6 Å². The number of hydrogen-bond donors (Lipinski definition) is 3. The molecule has 3 atom stereocenters. The highest BCUT2D eigenvalue weighted by molar-refractivity contribution is 7.84. The summed E-state index contributed by atoms with van der Waals surface area (Å²) in [6.45, 7) is 0.195. The number of nitrogens with zero attached hydrogens (tertiary/aromatic N) is 3. The number of carbonyl (C=O) groups excluding carboxylic acids is 1. The van der Waals surface area contributed by atoms with E-state index in [9.17, 15) is 18.3 Å². The number of nitrogens with one attached hydrogen (secondary N) is 1. The van der Waals surface area contributed by atoms with Gasteiger partial charge in [-0.1, -0.05) is 0 Å². The van der Waals surface area contributed by atoms with Crippen LogP contribution in [0.3, 0.4) is 0 Å². The number of aromatic nitrogens is 3. The second kappa shape index (κ2) is 9.61. The van der Waals surface area contributed by atoms with Gasteiger partial charge in [-0.15, -0.1) is 0 Å². The number of nitrogens with two attached hydrogens (primary N) is 1. The maximum absolute atomic E-state index is 13.1. The zero-order valence-corrected chi connectivity index (χ0v) is 18.9. The fourth-order valence-corrected chi connectivity index (χ4v) is 4.36. The summed E-state index contributed by atoms with van der Waals surface area (Å²) in [4.78, 5) is 21.3. The quantitative estimate of drug-likeness (QED) is 0.374. The first kappa shape index (κ1) is 23.4. The topological polar surface area (TPSA) is 163 Å². The third kappa shape index (κ3) is 5.97. The van der Waals surface area contributed by atoms with E-state index in [1.807, 2.05) is 0 Å². The van der Waals surface area contributed by atoms with Crippen LogP contribution in [0.15, 0.2) is 47.5 Å². The molecular formula is C20H22ClN5O6S. The van der Waals surface area contributed by atoms with Crippen molar-refractivity contribution in [1.82, 2.24) is 14.5 Å². The van der Waals surface area contributed by atoms with Crippen molar-refractivity contribution in [1.29, 1.82) is 0 Å². The molecule has 1 fully saturated rings. The number of rotatable bonds is 9. The second-order valence-electron chi connectivity index (χ2n) is 7.81. The van der Waals surface area contributed by atoms with E-state index in [2.05, 4.69) is 19.5 Å². The van der Waals surface area contributed by atoms with Crippen LogP contribution in [0.4, 0.5) is 5.82 Å². The first-order valence-corrected chi connectivity index (χ1v) is 11.9. The first-order chi connectivity index (χ1) is 15.7. The fourth-order valence-electron chi connectivity index (χ4n) is 3.83. The standard InChI is InChI=1S/C20H22ClN5O6S/c21-18-2-1-15(32-18)9-26-4-3-12(8-26)19(28)16-7-23-11-24-20(16)25-14-5-13(17(27)6-14)10-31-33(22,29)30/h1-4,7-8,11,13-14,17,27H,5-6,9-10H2,(H2,22,29,30)(H,23,24,25)/t13-,14-,17+/m1/s1. The maximum Gasteiger partial charge on any atom is 0.333 e. The van der Waals surface area contributed by atoms with Crippen molar-refractivity contribution < 1.29 is 26.9 Å². The number of ketones is 1. The molecule has 0 saturated heterocycles. The number of anilines is 1. The minimum Gasteiger partial charge on any atom is -0.448 e. The number of aliphatic hydroxyl groups is 1. The molecule has 0 amide bonds. The molecule has 0 spiro atoms. The normalized spacial score (nSPS) is 20.8. The van der Waals surface area contributed by atoms with Gasteiger partial charge in [0.15, 0.2) is 11.0 Å². The van der Waals surface area contributed by atoms with Gasteiger partial charge in [-0.05, 0) is 42.6 Å². The summed E-state index contributed by atoms with van der Waals surface area (Å²) in [7, 11) is -4.09. The zero-order valence-electron chi connectivity index (χ0n) is 17.3. The van der Waals surface area contributed by atoms with Crippen molar-refractivity contribution in [2.45, 2.75) is 31.5 Å². The van der Waals surface area contributed by atoms with Crippen molar-refractivity contribution in [2.24, 2.45) is 11.1 Å². The van der Waals surface area contributed by atoms with Crippen molar-refractivity contribution in [2.75, 3.05) is 11.9 Å². The van der Waals surface area contributed by atoms with E-state index in [-0.39, 0.29) is 24.0 Å². The first-order valence-electron chi connectivity index (χ1n) is 10.0.